The van der Waals surface area contributed by atoms with Crippen molar-refractivity contribution in [3.05, 3.63) is 21.3 Å². The van der Waals surface area contributed by atoms with Crippen molar-refractivity contribution in [1.82, 2.24) is 24.2 Å². The smallest absolute Gasteiger partial charge is 0.266 e. The summed E-state index contributed by atoms with van der Waals surface area (Å²) < 4.78 is 3.31. The zero-order chi connectivity index (χ0) is 17.4. The Bertz CT molecular complexity index is 827. The quantitative estimate of drug-likeness (QED) is 0.812. The Kier molecular flexibility index (Phi) is 4.73. The number of aromatic nitrogens is 4. The van der Waals surface area contributed by atoms with Crippen LogP contribution in [0.4, 0.5) is 0 Å². The van der Waals surface area contributed by atoms with E-state index in [1.807, 2.05) is 6.92 Å². The number of aryl methyl sites for hydroxylation is 1. The summed E-state index contributed by atoms with van der Waals surface area (Å²) in [5, 5.41) is 4.53. The van der Waals surface area contributed by atoms with Crippen molar-refractivity contribution in [2.45, 2.75) is 32.4 Å². The lowest BCUT2D eigenvalue weighted by Crippen LogP contribution is -2.46. The lowest BCUT2D eigenvalue weighted by molar-refractivity contribution is -0.133. The number of carbonyl (C=O) groups is 1. The van der Waals surface area contributed by atoms with Crippen LogP contribution in [0.2, 0.25) is 0 Å². The van der Waals surface area contributed by atoms with E-state index in [4.69, 9.17) is 5.73 Å². The number of nitrogens with zero attached hydrogens (tertiary/aromatic N) is 5. The average molecular weight is 397 g/mol. The van der Waals surface area contributed by atoms with Gasteiger partial charge in [-0.05, 0) is 41.6 Å². The summed E-state index contributed by atoms with van der Waals surface area (Å²) in [4.78, 5) is 31.2. The molecule has 1 saturated heterocycles. The van der Waals surface area contributed by atoms with Crippen molar-refractivity contribution in [3.8, 4) is 0 Å². The molecule has 1 aliphatic heterocycles. The molecule has 3 rings (SSSR count). The Morgan fingerprint density at radius 3 is 3.00 bits per heavy atom. The molecule has 2 aromatic heterocycles. The number of fused-ring (bicyclic) bond motifs is 1. The predicted octanol–water partition coefficient (Wildman–Crippen LogP) is 0.478. The van der Waals surface area contributed by atoms with Crippen molar-refractivity contribution in [2.24, 2.45) is 18.7 Å². The van der Waals surface area contributed by atoms with E-state index in [-0.39, 0.29) is 24.1 Å². The van der Waals surface area contributed by atoms with E-state index in [1.165, 1.54) is 15.6 Å². The molecule has 0 saturated carbocycles. The minimum atomic E-state index is -0.269. The van der Waals surface area contributed by atoms with Gasteiger partial charge in [0, 0.05) is 26.2 Å². The number of likely N-dealkylation sites (tertiary alicyclic amines) is 1. The van der Waals surface area contributed by atoms with Crippen LogP contribution >= 0.6 is 15.9 Å². The predicted molar refractivity (Wildman–Crippen MR) is 93.4 cm³/mol. The zero-order valence-corrected chi connectivity index (χ0v) is 15.4. The molecule has 2 atom stereocenters. The number of hydrogen-bond donors (Lipinski definition) is 1. The van der Waals surface area contributed by atoms with E-state index >= 15 is 0 Å². The number of halogens is 1. The standard InChI is InChI=1S/C15H21BrN6O2/c1-9(17)10-4-3-5-21(6-10)11(23)7-22-8-18-14-12(15(22)24)13(16)19-20(14)2/h8-10H,3-7,17H2,1-2H3/t9-,10-/m0/s1. The molecule has 2 aromatic rings. The molecule has 0 bridgehead atoms. The molecular weight excluding hydrogens is 376 g/mol. The maximum absolute atomic E-state index is 12.6. The SMILES string of the molecule is C[C@H](N)[C@H]1CCCN(C(=O)Cn2cnc3c(c(Br)nn3C)c2=O)C1. The summed E-state index contributed by atoms with van der Waals surface area (Å²) in [6.45, 7) is 3.32. The first kappa shape index (κ1) is 17.1. The average Bonchev–Trinajstić information content (AvgIpc) is 2.85. The highest BCUT2D eigenvalue weighted by Crippen LogP contribution is 2.19. The summed E-state index contributed by atoms with van der Waals surface area (Å²) in [7, 11) is 1.72. The van der Waals surface area contributed by atoms with Gasteiger partial charge in [-0.25, -0.2) is 9.67 Å². The van der Waals surface area contributed by atoms with Crippen LogP contribution in [-0.4, -0.2) is 49.3 Å². The van der Waals surface area contributed by atoms with Gasteiger partial charge in [0.2, 0.25) is 5.91 Å². The monoisotopic (exact) mass is 396 g/mol. The number of hydrogen-bond acceptors (Lipinski definition) is 5. The van der Waals surface area contributed by atoms with Crippen LogP contribution in [0.3, 0.4) is 0 Å². The summed E-state index contributed by atoms with van der Waals surface area (Å²) >= 11 is 3.27. The lowest BCUT2D eigenvalue weighted by Gasteiger charge is -2.34. The lowest BCUT2D eigenvalue weighted by atomic mass is 9.92. The molecule has 1 aliphatic rings. The summed E-state index contributed by atoms with van der Waals surface area (Å²) in [5.41, 5.74) is 6.19. The molecule has 2 N–H and O–H groups in total. The van der Waals surface area contributed by atoms with Crippen molar-refractivity contribution in [3.63, 3.8) is 0 Å². The molecule has 0 radical (unpaired) electrons. The fourth-order valence-corrected chi connectivity index (χ4v) is 3.74. The van der Waals surface area contributed by atoms with E-state index in [2.05, 4.69) is 26.0 Å². The molecule has 3 heterocycles. The largest absolute Gasteiger partial charge is 0.341 e. The van der Waals surface area contributed by atoms with Crippen LogP contribution in [0, 0.1) is 5.92 Å². The van der Waals surface area contributed by atoms with E-state index in [1.54, 1.807) is 11.9 Å². The summed E-state index contributed by atoms with van der Waals surface area (Å²) in [5.74, 6) is 0.233. The van der Waals surface area contributed by atoms with Gasteiger partial charge in [0.15, 0.2) is 5.65 Å². The van der Waals surface area contributed by atoms with Crippen LogP contribution in [-0.2, 0) is 18.4 Å². The van der Waals surface area contributed by atoms with Crippen LogP contribution in [0.1, 0.15) is 19.8 Å². The first-order chi connectivity index (χ1) is 11.4. The van der Waals surface area contributed by atoms with Gasteiger partial charge >= 0.3 is 0 Å². The normalized spacial score (nSPS) is 19.7. The van der Waals surface area contributed by atoms with Gasteiger partial charge in [-0.3, -0.25) is 14.2 Å². The first-order valence-corrected chi connectivity index (χ1v) is 8.78. The maximum Gasteiger partial charge on any atom is 0.266 e. The van der Waals surface area contributed by atoms with Crippen molar-refractivity contribution in [2.75, 3.05) is 13.1 Å². The molecule has 0 aliphatic carbocycles. The van der Waals surface area contributed by atoms with Gasteiger partial charge in [0.05, 0.1) is 0 Å². The molecule has 130 valence electrons. The van der Waals surface area contributed by atoms with E-state index in [0.29, 0.717) is 34.6 Å². The number of carbonyl (C=O) groups excluding carboxylic acids is 1. The number of rotatable bonds is 3. The molecule has 8 nitrogen and oxygen atoms in total. The van der Waals surface area contributed by atoms with Crippen LogP contribution < -0.4 is 11.3 Å². The molecular formula is C15H21BrN6O2. The van der Waals surface area contributed by atoms with Gasteiger partial charge in [-0.1, -0.05) is 0 Å². The highest BCUT2D eigenvalue weighted by molar-refractivity contribution is 9.10. The summed E-state index contributed by atoms with van der Waals surface area (Å²) in [6, 6.07) is 0.0627. The summed E-state index contributed by atoms with van der Waals surface area (Å²) in [6.07, 6.45) is 3.39. The second-order valence-electron chi connectivity index (χ2n) is 6.39. The van der Waals surface area contributed by atoms with Gasteiger partial charge < -0.3 is 10.6 Å². The molecule has 0 spiro atoms. The van der Waals surface area contributed by atoms with Crippen LogP contribution in [0.25, 0.3) is 11.0 Å². The fraction of sp³-hybridized carbons (Fsp3) is 0.600. The second-order valence-corrected chi connectivity index (χ2v) is 7.14. The highest BCUT2D eigenvalue weighted by Gasteiger charge is 2.26. The van der Waals surface area contributed by atoms with E-state index in [0.717, 1.165) is 12.8 Å². The van der Waals surface area contributed by atoms with Gasteiger partial charge in [-0.15, -0.1) is 0 Å². The Morgan fingerprint density at radius 2 is 2.29 bits per heavy atom. The third kappa shape index (κ3) is 3.10. The molecule has 0 unspecified atom stereocenters. The first-order valence-electron chi connectivity index (χ1n) is 7.99. The minimum absolute atomic E-state index is 0.0191. The zero-order valence-electron chi connectivity index (χ0n) is 13.8. The highest BCUT2D eigenvalue weighted by atomic mass is 79.9. The Morgan fingerprint density at radius 1 is 1.54 bits per heavy atom. The minimum Gasteiger partial charge on any atom is -0.341 e. The molecule has 24 heavy (non-hydrogen) atoms. The number of piperidine rings is 1. The van der Waals surface area contributed by atoms with Crippen molar-refractivity contribution >= 4 is 32.9 Å². The number of nitrogens with two attached hydrogens (primary N) is 1. The molecule has 1 amide bonds. The van der Waals surface area contributed by atoms with Gasteiger partial charge in [-0.2, -0.15) is 5.10 Å². The molecule has 1 fully saturated rings. The molecule has 9 heteroatoms. The van der Waals surface area contributed by atoms with Crippen LogP contribution in [0.15, 0.2) is 15.7 Å². The Labute approximate surface area is 147 Å². The molecule has 0 aromatic carbocycles. The topological polar surface area (TPSA) is 99.0 Å². The Hall–Kier alpha value is -1.74. The van der Waals surface area contributed by atoms with E-state index in [9.17, 15) is 9.59 Å². The van der Waals surface area contributed by atoms with Crippen molar-refractivity contribution in [1.29, 1.82) is 0 Å². The maximum atomic E-state index is 12.6. The van der Waals surface area contributed by atoms with Gasteiger partial charge in [0.25, 0.3) is 5.56 Å². The third-order valence-corrected chi connectivity index (χ3v) is 5.18. The van der Waals surface area contributed by atoms with Crippen molar-refractivity contribution < 1.29 is 4.79 Å². The van der Waals surface area contributed by atoms with Gasteiger partial charge in [0.1, 0.15) is 22.9 Å². The van der Waals surface area contributed by atoms with E-state index < -0.39 is 0 Å². The third-order valence-electron chi connectivity index (χ3n) is 4.63. The number of amides is 1. The second kappa shape index (κ2) is 6.64. The Balaban J connectivity index is 1.82. The fourth-order valence-electron chi connectivity index (χ4n) is 3.16. The van der Waals surface area contributed by atoms with Crippen LogP contribution in [0.5, 0.6) is 0 Å².